The van der Waals surface area contributed by atoms with E-state index in [4.69, 9.17) is 0 Å². The standard InChI is InChI=1S/C14H24N2/c1-2-16(11-12-6-5-7-12)14-9-4-3-8-13(14)10-15/h12-14H,2-9,11H2,1H3. The molecule has 0 aromatic carbocycles. The van der Waals surface area contributed by atoms with Gasteiger partial charge in [-0.15, -0.1) is 0 Å². The van der Waals surface area contributed by atoms with Crippen LogP contribution in [0.4, 0.5) is 0 Å². The maximum atomic E-state index is 9.23. The van der Waals surface area contributed by atoms with Crippen molar-refractivity contribution in [1.82, 2.24) is 4.90 Å². The molecule has 90 valence electrons. The lowest BCUT2D eigenvalue weighted by atomic mass is 9.81. The molecule has 2 saturated carbocycles. The molecule has 0 radical (unpaired) electrons. The van der Waals surface area contributed by atoms with Gasteiger partial charge >= 0.3 is 0 Å². The van der Waals surface area contributed by atoms with E-state index in [1.807, 2.05) is 0 Å². The van der Waals surface area contributed by atoms with Gasteiger partial charge in [-0.1, -0.05) is 26.2 Å². The monoisotopic (exact) mass is 220 g/mol. The minimum absolute atomic E-state index is 0.300. The van der Waals surface area contributed by atoms with Crippen LogP contribution < -0.4 is 0 Å². The lowest BCUT2D eigenvalue weighted by molar-refractivity contribution is 0.0931. The van der Waals surface area contributed by atoms with Gasteiger partial charge in [0.1, 0.15) is 0 Å². The van der Waals surface area contributed by atoms with E-state index in [2.05, 4.69) is 17.9 Å². The summed E-state index contributed by atoms with van der Waals surface area (Å²) in [7, 11) is 0. The Bertz CT molecular complexity index is 252. The molecule has 2 nitrogen and oxygen atoms in total. The Morgan fingerprint density at radius 1 is 1.12 bits per heavy atom. The molecule has 0 aliphatic heterocycles. The summed E-state index contributed by atoms with van der Waals surface area (Å²) < 4.78 is 0. The molecule has 0 heterocycles. The summed E-state index contributed by atoms with van der Waals surface area (Å²) in [4.78, 5) is 2.59. The van der Waals surface area contributed by atoms with Gasteiger partial charge < -0.3 is 0 Å². The predicted molar refractivity (Wildman–Crippen MR) is 65.9 cm³/mol. The molecule has 16 heavy (non-hydrogen) atoms. The maximum Gasteiger partial charge on any atom is 0.0672 e. The predicted octanol–water partition coefficient (Wildman–Crippen LogP) is 3.19. The summed E-state index contributed by atoms with van der Waals surface area (Å²) in [6.07, 6.45) is 9.22. The number of rotatable bonds is 4. The average Bonchev–Trinajstić information content (AvgIpc) is 2.28. The third-order valence-corrected chi connectivity index (χ3v) is 4.49. The van der Waals surface area contributed by atoms with Gasteiger partial charge in [-0.3, -0.25) is 4.90 Å². The first-order chi connectivity index (χ1) is 7.85. The Hall–Kier alpha value is -0.550. The Kier molecular flexibility index (Phi) is 4.23. The average molecular weight is 220 g/mol. The third-order valence-electron chi connectivity index (χ3n) is 4.49. The summed E-state index contributed by atoms with van der Waals surface area (Å²) >= 11 is 0. The maximum absolute atomic E-state index is 9.23. The van der Waals surface area contributed by atoms with Crippen LogP contribution in [0.3, 0.4) is 0 Å². The normalized spacial score (nSPS) is 31.1. The van der Waals surface area contributed by atoms with Gasteiger partial charge in [0.15, 0.2) is 0 Å². The molecular formula is C14H24N2. The summed E-state index contributed by atoms with van der Waals surface area (Å²) in [5.74, 6) is 1.23. The van der Waals surface area contributed by atoms with E-state index >= 15 is 0 Å². The molecule has 0 spiro atoms. The molecule has 2 aliphatic rings. The highest BCUT2D eigenvalue weighted by Gasteiger charge is 2.31. The second-order valence-corrected chi connectivity index (χ2v) is 5.47. The number of hydrogen-bond acceptors (Lipinski definition) is 2. The first-order valence-corrected chi connectivity index (χ1v) is 6.98. The van der Waals surface area contributed by atoms with Crippen molar-refractivity contribution in [3.63, 3.8) is 0 Å². The molecule has 0 bridgehead atoms. The zero-order valence-electron chi connectivity index (χ0n) is 10.5. The Balaban J connectivity index is 1.92. The fourth-order valence-electron chi connectivity index (χ4n) is 3.20. The van der Waals surface area contributed by atoms with Gasteiger partial charge in [-0.2, -0.15) is 5.26 Å². The highest BCUT2D eigenvalue weighted by atomic mass is 15.2. The van der Waals surface area contributed by atoms with E-state index in [-0.39, 0.29) is 0 Å². The van der Waals surface area contributed by atoms with Gasteiger partial charge in [0, 0.05) is 12.6 Å². The van der Waals surface area contributed by atoms with Crippen LogP contribution in [0.5, 0.6) is 0 Å². The van der Waals surface area contributed by atoms with Crippen LogP contribution in [0, 0.1) is 23.2 Å². The molecule has 2 atom stereocenters. The van der Waals surface area contributed by atoms with E-state index < -0.39 is 0 Å². The smallest absolute Gasteiger partial charge is 0.0672 e. The number of nitriles is 1. The van der Waals surface area contributed by atoms with E-state index in [9.17, 15) is 5.26 Å². The highest BCUT2D eigenvalue weighted by molar-refractivity contribution is 4.96. The summed E-state index contributed by atoms with van der Waals surface area (Å²) in [6, 6.07) is 3.10. The molecule has 0 amide bonds. The van der Waals surface area contributed by atoms with Crippen molar-refractivity contribution in [3.8, 4) is 6.07 Å². The molecule has 2 heteroatoms. The minimum atomic E-state index is 0.300. The van der Waals surface area contributed by atoms with Crippen LogP contribution in [-0.2, 0) is 0 Å². The van der Waals surface area contributed by atoms with Crippen molar-refractivity contribution < 1.29 is 0 Å². The van der Waals surface area contributed by atoms with Crippen molar-refractivity contribution in [2.75, 3.05) is 13.1 Å². The van der Waals surface area contributed by atoms with Crippen LogP contribution in [0.15, 0.2) is 0 Å². The lowest BCUT2D eigenvalue weighted by Crippen LogP contribution is -2.45. The fourth-order valence-corrected chi connectivity index (χ4v) is 3.20. The van der Waals surface area contributed by atoms with E-state index in [1.54, 1.807) is 0 Å². The first-order valence-electron chi connectivity index (χ1n) is 6.98. The fraction of sp³-hybridized carbons (Fsp3) is 0.929. The topological polar surface area (TPSA) is 27.0 Å². The van der Waals surface area contributed by atoms with Gasteiger partial charge in [0.05, 0.1) is 12.0 Å². The van der Waals surface area contributed by atoms with E-state index in [0.717, 1.165) is 18.9 Å². The summed E-state index contributed by atoms with van der Waals surface area (Å²) in [6.45, 7) is 4.63. The first kappa shape index (κ1) is 11.9. The highest BCUT2D eigenvalue weighted by Crippen LogP contribution is 2.32. The van der Waals surface area contributed by atoms with Crippen molar-refractivity contribution in [2.24, 2.45) is 11.8 Å². The Labute approximate surface area is 99.6 Å². The third kappa shape index (κ3) is 2.58. The summed E-state index contributed by atoms with van der Waals surface area (Å²) in [5, 5.41) is 9.23. The van der Waals surface area contributed by atoms with Crippen LogP contribution in [-0.4, -0.2) is 24.0 Å². The lowest BCUT2D eigenvalue weighted by Gasteiger charge is -2.40. The zero-order valence-corrected chi connectivity index (χ0v) is 10.5. The molecule has 0 aromatic heterocycles. The van der Waals surface area contributed by atoms with E-state index in [0.29, 0.717) is 12.0 Å². The molecule has 0 saturated heterocycles. The molecule has 0 aromatic rings. The second kappa shape index (κ2) is 5.68. The number of nitrogens with zero attached hydrogens (tertiary/aromatic N) is 2. The van der Waals surface area contributed by atoms with Crippen molar-refractivity contribution in [3.05, 3.63) is 0 Å². The van der Waals surface area contributed by atoms with Gasteiger partial charge in [0.25, 0.3) is 0 Å². The van der Waals surface area contributed by atoms with Crippen LogP contribution in [0.1, 0.15) is 51.9 Å². The summed E-state index contributed by atoms with van der Waals surface area (Å²) in [5.41, 5.74) is 0. The van der Waals surface area contributed by atoms with Crippen molar-refractivity contribution >= 4 is 0 Å². The minimum Gasteiger partial charge on any atom is -0.299 e. The molecular weight excluding hydrogens is 196 g/mol. The van der Waals surface area contributed by atoms with Gasteiger partial charge in [-0.25, -0.2) is 0 Å². The van der Waals surface area contributed by atoms with Crippen molar-refractivity contribution in [2.45, 2.75) is 57.9 Å². The SMILES string of the molecule is CCN(CC1CCC1)C1CCCCC1C#N. The zero-order chi connectivity index (χ0) is 11.4. The van der Waals surface area contributed by atoms with Gasteiger partial charge in [-0.05, 0) is 38.1 Å². The second-order valence-electron chi connectivity index (χ2n) is 5.47. The Morgan fingerprint density at radius 3 is 2.44 bits per heavy atom. The number of hydrogen-bond donors (Lipinski definition) is 0. The van der Waals surface area contributed by atoms with Crippen LogP contribution in [0.2, 0.25) is 0 Å². The molecule has 2 aliphatic carbocycles. The van der Waals surface area contributed by atoms with E-state index in [1.165, 1.54) is 45.1 Å². The van der Waals surface area contributed by atoms with Crippen LogP contribution in [0.25, 0.3) is 0 Å². The van der Waals surface area contributed by atoms with Crippen LogP contribution >= 0.6 is 0 Å². The molecule has 2 rings (SSSR count). The Morgan fingerprint density at radius 2 is 1.88 bits per heavy atom. The van der Waals surface area contributed by atoms with Crippen molar-refractivity contribution in [1.29, 1.82) is 5.26 Å². The quantitative estimate of drug-likeness (QED) is 0.727. The van der Waals surface area contributed by atoms with Gasteiger partial charge in [0.2, 0.25) is 0 Å². The molecule has 2 fully saturated rings. The molecule has 0 N–H and O–H groups in total. The largest absolute Gasteiger partial charge is 0.299 e. The molecule has 2 unspecified atom stereocenters.